The van der Waals surface area contributed by atoms with Gasteiger partial charge in [0.1, 0.15) is 5.82 Å². The zero-order valence-corrected chi connectivity index (χ0v) is 15.6. The fraction of sp³-hybridized carbons (Fsp3) is 0.400. The average Bonchev–Trinajstić information content (AvgIpc) is 2.68. The molecular weight excluding hydrogens is 369 g/mol. The molecule has 0 atom stereocenters. The molecule has 2 heterocycles. The lowest BCUT2D eigenvalue weighted by Crippen LogP contribution is -2.45. The van der Waals surface area contributed by atoms with Crippen LogP contribution in [0.1, 0.15) is 18.4 Å². The molecule has 1 amide bonds. The van der Waals surface area contributed by atoms with Crippen LogP contribution in [-0.4, -0.2) is 48.5 Å². The highest BCUT2D eigenvalue weighted by Crippen LogP contribution is 2.30. The second-order valence-corrected chi connectivity index (χ2v) is 6.93. The Hall–Kier alpha value is -2.61. The fourth-order valence-electron chi connectivity index (χ4n) is 3.39. The molecule has 1 N–H and O–H groups in total. The third-order valence-corrected chi connectivity index (χ3v) is 4.96. The standard InChI is InChI=1S/C20H23F3N4O/c1-26(18-7-2-3-10-24-18)17-8-11-27(12-9-17)14-19(28)25-16-6-4-5-15(13-16)20(21,22)23/h2-7,10,13,17H,8-9,11-12,14H2,1H3,(H,25,28). The third-order valence-electron chi connectivity index (χ3n) is 4.96. The molecule has 0 aliphatic carbocycles. The number of benzene rings is 1. The minimum Gasteiger partial charge on any atom is -0.357 e. The molecule has 0 radical (unpaired) electrons. The maximum atomic E-state index is 12.8. The Kier molecular flexibility index (Phi) is 6.18. The fourth-order valence-corrected chi connectivity index (χ4v) is 3.39. The van der Waals surface area contributed by atoms with E-state index in [4.69, 9.17) is 0 Å². The van der Waals surface area contributed by atoms with Crippen LogP contribution in [0.3, 0.4) is 0 Å². The summed E-state index contributed by atoms with van der Waals surface area (Å²) in [6, 6.07) is 10.8. The Bertz CT molecular complexity index is 790. The summed E-state index contributed by atoms with van der Waals surface area (Å²) in [5.41, 5.74) is -0.617. The second-order valence-electron chi connectivity index (χ2n) is 6.93. The molecule has 1 aliphatic rings. The minimum absolute atomic E-state index is 0.157. The number of amides is 1. The van der Waals surface area contributed by atoms with Crippen molar-refractivity contribution < 1.29 is 18.0 Å². The molecule has 1 fully saturated rings. The Morgan fingerprint density at radius 2 is 1.96 bits per heavy atom. The first-order valence-electron chi connectivity index (χ1n) is 9.16. The summed E-state index contributed by atoms with van der Waals surface area (Å²) in [4.78, 5) is 20.8. The lowest BCUT2D eigenvalue weighted by Gasteiger charge is -2.37. The van der Waals surface area contributed by atoms with Gasteiger partial charge in [0, 0.05) is 38.1 Å². The summed E-state index contributed by atoms with van der Waals surface area (Å²) >= 11 is 0. The highest BCUT2D eigenvalue weighted by molar-refractivity contribution is 5.92. The van der Waals surface area contributed by atoms with Crippen LogP contribution in [0.4, 0.5) is 24.7 Å². The van der Waals surface area contributed by atoms with Crippen molar-refractivity contribution >= 4 is 17.4 Å². The Morgan fingerprint density at radius 3 is 2.61 bits per heavy atom. The van der Waals surface area contributed by atoms with Crippen molar-refractivity contribution in [1.82, 2.24) is 9.88 Å². The number of nitrogens with zero attached hydrogens (tertiary/aromatic N) is 3. The highest BCUT2D eigenvalue weighted by Gasteiger charge is 2.30. The molecular formula is C20H23F3N4O. The predicted octanol–water partition coefficient (Wildman–Crippen LogP) is 3.64. The number of piperidine rings is 1. The van der Waals surface area contributed by atoms with Gasteiger partial charge in [0.2, 0.25) is 5.91 Å². The Morgan fingerprint density at radius 1 is 1.21 bits per heavy atom. The quantitative estimate of drug-likeness (QED) is 0.844. The smallest absolute Gasteiger partial charge is 0.357 e. The van der Waals surface area contributed by atoms with Crippen molar-refractivity contribution in [3.63, 3.8) is 0 Å². The first kappa shape index (κ1) is 20.1. The number of likely N-dealkylation sites (tertiary alicyclic amines) is 1. The maximum Gasteiger partial charge on any atom is 0.416 e. The number of halogens is 3. The number of aromatic nitrogens is 1. The normalized spacial score (nSPS) is 16.0. The molecule has 1 aromatic heterocycles. The van der Waals surface area contributed by atoms with Gasteiger partial charge in [0.15, 0.2) is 0 Å². The number of hydrogen-bond acceptors (Lipinski definition) is 4. The SMILES string of the molecule is CN(c1ccccn1)C1CCN(CC(=O)Nc2cccc(C(F)(F)F)c2)CC1. The van der Waals surface area contributed by atoms with Crippen molar-refractivity contribution in [2.45, 2.75) is 25.1 Å². The van der Waals surface area contributed by atoms with Crippen LogP contribution in [0.5, 0.6) is 0 Å². The van der Waals surface area contributed by atoms with E-state index < -0.39 is 11.7 Å². The summed E-state index contributed by atoms with van der Waals surface area (Å²) in [6.07, 6.45) is -0.880. The summed E-state index contributed by atoms with van der Waals surface area (Å²) < 4.78 is 38.3. The van der Waals surface area contributed by atoms with Crippen molar-refractivity contribution in [1.29, 1.82) is 0 Å². The molecule has 150 valence electrons. The van der Waals surface area contributed by atoms with Crippen LogP contribution in [-0.2, 0) is 11.0 Å². The molecule has 1 aliphatic heterocycles. The van der Waals surface area contributed by atoms with E-state index in [-0.39, 0.29) is 18.1 Å². The van der Waals surface area contributed by atoms with E-state index in [1.807, 2.05) is 30.1 Å². The Balaban J connectivity index is 1.49. The number of hydrogen-bond donors (Lipinski definition) is 1. The topological polar surface area (TPSA) is 48.5 Å². The zero-order valence-electron chi connectivity index (χ0n) is 15.6. The monoisotopic (exact) mass is 392 g/mol. The summed E-state index contributed by atoms with van der Waals surface area (Å²) in [5.74, 6) is 0.610. The number of nitrogens with one attached hydrogen (secondary N) is 1. The van der Waals surface area contributed by atoms with Crippen molar-refractivity contribution in [3.05, 3.63) is 54.2 Å². The first-order valence-corrected chi connectivity index (χ1v) is 9.16. The van der Waals surface area contributed by atoms with Crippen molar-refractivity contribution in [2.24, 2.45) is 0 Å². The Labute approximate surface area is 162 Å². The molecule has 8 heteroatoms. The van der Waals surface area contributed by atoms with E-state index in [0.717, 1.165) is 43.9 Å². The highest BCUT2D eigenvalue weighted by atomic mass is 19.4. The van der Waals surface area contributed by atoms with E-state index >= 15 is 0 Å². The second kappa shape index (κ2) is 8.60. The molecule has 1 aromatic carbocycles. The number of rotatable bonds is 5. The first-order chi connectivity index (χ1) is 13.3. The van der Waals surface area contributed by atoms with E-state index in [9.17, 15) is 18.0 Å². The molecule has 0 spiro atoms. The van der Waals surface area contributed by atoms with E-state index in [2.05, 4.69) is 15.2 Å². The van der Waals surface area contributed by atoms with Gasteiger partial charge in [-0.3, -0.25) is 9.69 Å². The van der Waals surface area contributed by atoms with E-state index in [1.165, 1.54) is 12.1 Å². The molecule has 2 aromatic rings. The summed E-state index contributed by atoms with van der Waals surface area (Å²) in [5, 5.41) is 2.56. The van der Waals surface area contributed by atoms with E-state index in [0.29, 0.717) is 6.04 Å². The van der Waals surface area contributed by atoms with Gasteiger partial charge in [-0.05, 0) is 43.2 Å². The van der Waals surface area contributed by atoms with Crippen LogP contribution >= 0.6 is 0 Å². The van der Waals surface area contributed by atoms with E-state index in [1.54, 1.807) is 6.20 Å². The van der Waals surface area contributed by atoms with Crippen LogP contribution in [0.15, 0.2) is 48.7 Å². The molecule has 0 bridgehead atoms. The number of anilines is 2. The molecule has 0 saturated carbocycles. The third kappa shape index (κ3) is 5.22. The zero-order chi connectivity index (χ0) is 20.1. The van der Waals surface area contributed by atoms with Gasteiger partial charge in [0.25, 0.3) is 0 Å². The molecule has 1 saturated heterocycles. The summed E-state index contributed by atoms with van der Waals surface area (Å²) in [7, 11) is 2.02. The number of carbonyl (C=O) groups is 1. The average molecular weight is 392 g/mol. The maximum absolute atomic E-state index is 12.8. The van der Waals surface area contributed by atoms with Gasteiger partial charge < -0.3 is 10.2 Å². The van der Waals surface area contributed by atoms with Crippen LogP contribution in [0.2, 0.25) is 0 Å². The van der Waals surface area contributed by atoms with Gasteiger partial charge >= 0.3 is 6.18 Å². The van der Waals surface area contributed by atoms with Crippen molar-refractivity contribution in [2.75, 3.05) is 36.9 Å². The lowest BCUT2D eigenvalue weighted by atomic mass is 10.0. The molecule has 3 rings (SSSR count). The lowest BCUT2D eigenvalue weighted by molar-refractivity contribution is -0.137. The van der Waals surface area contributed by atoms with Gasteiger partial charge in [-0.15, -0.1) is 0 Å². The van der Waals surface area contributed by atoms with Gasteiger partial charge in [-0.2, -0.15) is 13.2 Å². The molecule has 28 heavy (non-hydrogen) atoms. The van der Waals surface area contributed by atoms with Crippen LogP contribution < -0.4 is 10.2 Å². The number of pyridine rings is 1. The van der Waals surface area contributed by atoms with Crippen molar-refractivity contribution in [3.8, 4) is 0 Å². The van der Waals surface area contributed by atoms with Gasteiger partial charge in [0.05, 0.1) is 12.1 Å². The molecule has 5 nitrogen and oxygen atoms in total. The minimum atomic E-state index is -4.43. The number of alkyl halides is 3. The number of carbonyl (C=O) groups excluding carboxylic acids is 1. The largest absolute Gasteiger partial charge is 0.416 e. The van der Waals surface area contributed by atoms with Crippen LogP contribution in [0, 0.1) is 0 Å². The molecule has 0 unspecified atom stereocenters. The van der Waals surface area contributed by atoms with Crippen LogP contribution in [0.25, 0.3) is 0 Å². The van der Waals surface area contributed by atoms with Gasteiger partial charge in [-0.1, -0.05) is 12.1 Å². The summed E-state index contributed by atoms with van der Waals surface area (Å²) in [6.45, 7) is 1.66. The van der Waals surface area contributed by atoms with Gasteiger partial charge in [-0.25, -0.2) is 4.98 Å². The predicted molar refractivity (Wildman–Crippen MR) is 102 cm³/mol.